The summed E-state index contributed by atoms with van der Waals surface area (Å²) in [5.41, 5.74) is 4.21. The summed E-state index contributed by atoms with van der Waals surface area (Å²) in [7, 11) is 2.02. The molecule has 31 heavy (non-hydrogen) atoms. The van der Waals surface area contributed by atoms with Gasteiger partial charge in [0.15, 0.2) is 5.17 Å². The summed E-state index contributed by atoms with van der Waals surface area (Å²) in [5.74, 6) is 0.00223. The number of rotatable bonds is 3. The number of carbonyl (C=O) groups is 1. The first-order valence-corrected chi connectivity index (χ1v) is 11.7. The molecule has 154 valence electrons. The highest BCUT2D eigenvalue weighted by Crippen LogP contribution is 2.50. The zero-order valence-corrected chi connectivity index (χ0v) is 18.9. The minimum Gasteiger partial charge on any atom is -0.337 e. The van der Waals surface area contributed by atoms with Crippen molar-refractivity contribution >= 4 is 46.0 Å². The molecule has 4 nitrogen and oxygen atoms in total. The van der Waals surface area contributed by atoms with E-state index in [-0.39, 0.29) is 5.91 Å². The highest BCUT2D eigenvalue weighted by atomic mass is 32.2. The summed E-state index contributed by atoms with van der Waals surface area (Å²) in [6.45, 7) is 2.54. The van der Waals surface area contributed by atoms with Crippen LogP contribution in [0.5, 0.6) is 0 Å². The van der Waals surface area contributed by atoms with Crippen LogP contribution < -0.4 is 4.90 Å². The molecule has 0 saturated carbocycles. The van der Waals surface area contributed by atoms with Crippen molar-refractivity contribution in [1.82, 2.24) is 4.90 Å². The molecule has 0 bridgehead atoms. The van der Waals surface area contributed by atoms with Crippen molar-refractivity contribution in [2.24, 2.45) is 4.99 Å². The number of thioether (sulfide) groups is 2. The standard InChI is InChI=1S/C25H21N3OS2/c1-17-9-8-12-19(15-17)26-25-28(16-18-10-4-3-5-11-18)23(29)22(31-25)24-27(2)20-13-6-7-14-21(20)30-24/h3-15H,16H2,1-2H3. The van der Waals surface area contributed by atoms with Crippen LogP contribution >= 0.6 is 23.5 Å². The predicted octanol–water partition coefficient (Wildman–Crippen LogP) is 6.17. The van der Waals surface area contributed by atoms with Crippen molar-refractivity contribution in [2.75, 3.05) is 11.9 Å². The van der Waals surface area contributed by atoms with Gasteiger partial charge in [-0.15, -0.1) is 0 Å². The Labute approximate surface area is 190 Å². The lowest BCUT2D eigenvalue weighted by atomic mass is 10.2. The first-order chi connectivity index (χ1) is 15.1. The zero-order chi connectivity index (χ0) is 21.4. The maximum Gasteiger partial charge on any atom is 0.269 e. The van der Waals surface area contributed by atoms with E-state index >= 15 is 0 Å². The average molecular weight is 444 g/mol. The third-order valence-corrected chi connectivity index (χ3v) is 7.64. The maximum absolute atomic E-state index is 13.6. The van der Waals surface area contributed by atoms with E-state index in [2.05, 4.69) is 17.0 Å². The molecule has 1 amide bonds. The van der Waals surface area contributed by atoms with Crippen molar-refractivity contribution in [1.29, 1.82) is 0 Å². The van der Waals surface area contributed by atoms with Crippen LogP contribution in [0.3, 0.4) is 0 Å². The minimum atomic E-state index is 0.00223. The second-order valence-corrected chi connectivity index (χ2v) is 9.48. The molecule has 1 fully saturated rings. The topological polar surface area (TPSA) is 35.9 Å². The Morgan fingerprint density at radius 1 is 0.903 bits per heavy atom. The lowest BCUT2D eigenvalue weighted by Crippen LogP contribution is -2.29. The van der Waals surface area contributed by atoms with Gasteiger partial charge >= 0.3 is 0 Å². The molecular formula is C25H21N3OS2. The van der Waals surface area contributed by atoms with Gasteiger partial charge in [0.1, 0.15) is 4.91 Å². The number of para-hydroxylation sites is 1. The van der Waals surface area contributed by atoms with Crippen molar-refractivity contribution in [3.8, 4) is 0 Å². The van der Waals surface area contributed by atoms with E-state index < -0.39 is 0 Å². The molecule has 3 aromatic rings. The van der Waals surface area contributed by atoms with Gasteiger partial charge < -0.3 is 4.90 Å². The van der Waals surface area contributed by atoms with Gasteiger partial charge in [0, 0.05) is 11.9 Å². The Morgan fingerprint density at radius 2 is 1.68 bits per heavy atom. The van der Waals surface area contributed by atoms with Gasteiger partial charge in [-0.3, -0.25) is 9.69 Å². The number of fused-ring (bicyclic) bond motifs is 1. The largest absolute Gasteiger partial charge is 0.337 e. The molecule has 2 heterocycles. The Hall–Kier alpha value is -2.96. The quantitative estimate of drug-likeness (QED) is 0.454. The number of amides is 1. The van der Waals surface area contributed by atoms with E-state index in [0.717, 1.165) is 32.4 Å². The van der Waals surface area contributed by atoms with Crippen molar-refractivity contribution in [3.63, 3.8) is 0 Å². The maximum atomic E-state index is 13.6. The van der Waals surface area contributed by atoms with E-state index in [1.54, 1.807) is 16.7 Å². The van der Waals surface area contributed by atoms with E-state index in [4.69, 9.17) is 4.99 Å². The molecule has 0 unspecified atom stereocenters. The molecule has 0 N–H and O–H groups in total. The smallest absolute Gasteiger partial charge is 0.269 e. The van der Waals surface area contributed by atoms with Crippen molar-refractivity contribution < 1.29 is 4.79 Å². The van der Waals surface area contributed by atoms with Gasteiger partial charge in [0.05, 0.1) is 22.9 Å². The molecule has 1 saturated heterocycles. The van der Waals surface area contributed by atoms with Crippen molar-refractivity contribution in [3.05, 3.63) is 99.9 Å². The lowest BCUT2D eigenvalue weighted by Gasteiger charge is -2.17. The Kier molecular flexibility index (Phi) is 5.34. The molecule has 5 rings (SSSR count). The summed E-state index contributed by atoms with van der Waals surface area (Å²) < 4.78 is 0. The highest BCUT2D eigenvalue weighted by molar-refractivity contribution is 8.19. The van der Waals surface area contributed by atoms with Crippen LogP contribution in [0.2, 0.25) is 0 Å². The van der Waals surface area contributed by atoms with E-state index in [9.17, 15) is 4.79 Å². The van der Waals surface area contributed by atoms with Gasteiger partial charge in [-0.05, 0) is 54.1 Å². The number of aliphatic imine (C=N–C) groups is 1. The molecule has 0 atom stereocenters. The average Bonchev–Trinajstić information content (AvgIpc) is 3.26. The monoisotopic (exact) mass is 443 g/mol. The second-order valence-electron chi connectivity index (χ2n) is 7.48. The van der Waals surface area contributed by atoms with Crippen LogP contribution in [-0.4, -0.2) is 23.0 Å². The summed E-state index contributed by atoms with van der Waals surface area (Å²) in [4.78, 5) is 24.2. The molecule has 3 aromatic carbocycles. The molecule has 2 aliphatic heterocycles. The normalized spacial score (nSPS) is 19.4. The van der Waals surface area contributed by atoms with E-state index in [0.29, 0.717) is 11.7 Å². The number of amidine groups is 1. The molecular weight excluding hydrogens is 422 g/mol. The van der Waals surface area contributed by atoms with Gasteiger partial charge in [0.25, 0.3) is 5.91 Å². The molecule has 0 aliphatic carbocycles. The van der Waals surface area contributed by atoms with Gasteiger partial charge in [-0.25, -0.2) is 4.99 Å². The molecule has 0 aromatic heterocycles. The third-order valence-electron chi connectivity index (χ3n) is 5.21. The predicted molar refractivity (Wildman–Crippen MR) is 131 cm³/mol. The number of hydrogen-bond donors (Lipinski definition) is 0. The summed E-state index contributed by atoms with van der Waals surface area (Å²) >= 11 is 3.11. The molecule has 6 heteroatoms. The van der Waals surface area contributed by atoms with Crippen molar-refractivity contribution in [2.45, 2.75) is 18.4 Å². The van der Waals surface area contributed by atoms with Crippen LogP contribution in [0.25, 0.3) is 0 Å². The number of aryl methyl sites for hydroxylation is 1. The summed E-state index contributed by atoms with van der Waals surface area (Å²) in [5, 5.41) is 1.68. The Morgan fingerprint density at radius 3 is 2.45 bits per heavy atom. The molecule has 0 radical (unpaired) electrons. The fraction of sp³-hybridized carbons (Fsp3) is 0.120. The fourth-order valence-electron chi connectivity index (χ4n) is 3.63. The number of carbonyl (C=O) groups excluding carboxylic acids is 1. The van der Waals surface area contributed by atoms with Crippen LogP contribution in [0.4, 0.5) is 11.4 Å². The fourth-order valence-corrected chi connectivity index (χ4v) is 5.98. The number of anilines is 1. The van der Waals surface area contributed by atoms with E-state index in [1.165, 1.54) is 16.7 Å². The number of benzene rings is 3. The Bertz CT molecular complexity index is 1220. The lowest BCUT2D eigenvalue weighted by molar-refractivity contribution is -0.122. The van der Waals surface area contributed by atoms with Crippen LogP contribution in [0.15, 0.2) is 98.7 Å². The number of hydrogen-bond acceptors (Lipinski definition) is 5. The third kappa shape index (κ3) is 3.89. The molecule has 0 spiro atoms. The first-order valence-electron chi connectivity index (χ1n) is 10.0. The van der Waals surface area contributed by atoms with Crippen LogP contribution in [0, 0.1) is 6.92 Å². The molecule has 2 aliphatic rings. The van der Waals surface area contributed by atoms with Crippen LogP contribution in [0.1, 0.15) is 11.1 Å². The summed E-state index contributed by atoms with van der Waals surface area (Å²) in [6.07, 6.45) is 0. The number of nitrogens with zero attached hydrogens (tertiary/aromatic N) is 3. The van der Waals surface area contributed by atoms with Gasteiger partial charge in [0.2, 0.25) is 0 Å². The SMILES string of the molecule is Cc1cccc(N=C2SC(=C3Sc4ccccc4N3C)C(=O)N2Cc2ccccc2)c1. The second kappa shape index (κ2) is 8.29. The summed E-state index contributed by atoms with van der Waals surface area (Å²) in [6, 6.07) is 26.4. The van der Waals surface area contributed by atoms with Gasteiger partial charge in [-0.1, -0.05) is 66.4 Å². The van der Waals surface area contributed by atoms with Crippen LogP contribution in [-0.2, 0) is 11.3 Å². The minimum absolute atomic E-state index is 0.00223. The zero-order valence-electron chi connectivity index (χ0n) is 17.3. The van der Waals surface area contributed by atoms with Gasteiger partial charge in [-0.2, -0.15) is 0 Å². The first kappa shape index (κ1) is 20.0. The Balaban J connectivity index is 1.56. The van der Waals surface area contributed by atoms with E-state index in [1.807, 2.05) is 80.7 Å². The highest BCUT2D eigenvalue weighted by Gasteiger charge is 2.39.